The van der Waals surface area contributed by atoms with Crippen molar-refractivity contribution in [2.45, 2.75) is 13.8 Å². The minimum absolute atomic E-state index is 0.208. The van der Waals surface area contributed by atoms with Gasteiger partial charge in [0.05, 0.1) is 22.5 Å². The highest BCUT2D eigenvalue weighted by Gasteiger charge is 2.21. The van der Waals surface area contributed by atoms with Crippen molar-refractivity contribution in [2.75, 3.05) is 0 Å². The third-order valence-corrected chi connectivity index (χ3v) is 3.98. The molecule has 0 aliphatic carbocycles. The molecule has 1 amide bonds. The molecular weight excluding hydrogens is 348 g/mol. The molecule has 0 saturated heterocycles. The summed E-state index contributed by atoms with van der Waals surface area (Å²) in [6.07, 6.45) is 1.57. The summed E-state index contributed by atoms with van der Waals surface area (Å²) in [5.74, 6) is -0.298. The summed E-state index contributed by atoms with van der Waals surface area (Å²) in [7, 11) is 0. The van der Waals surface area contributed by atoms with E-state index < -0.39 is 0 Å². The quantitative estimate of drug-likeness (QED) is 0.804. The Labute approximate surface area is 134 Å². The van der Waals surface area contributed by atoms with Crippen LogP contribution in [0.3, 0.4) is 0 Å². The van der Waals surface area contributed by atoms with Crippen LogP contribution in [-0.2, 0) is 4.79 Å². The smallest absolute Gasteiger partial charge is 0.278 e. The second kappa shape index (κ2) is 5.42. The van der Waals surface area contributed by atoms with Crippen molar-refractivity contribution in [3.63, 3.8) is 0 Å². The van der Waals surface area contributed by atoms with Crippen molar-refractivity contribution in [1.82, 2.24) is 15.2 Å². The van der Waals surface area contributed by atoms with Gasteiger partial charge >= 0.3 is 0 Å². The molecule has 6 nitrogen and oxygen atoms in total. The number of hydrogen-bond acceptors (Lipinski definition) is 3. The van der Waals surface area contributed by atoms with E-state index in [0.717, 1.165) is 10.2 Å². The number of rotatable bonds is 2. The van der Waals surface area contributed by atoms with Crippen LogP contribution < -0.4 is 11.0 Å². The van der Waals surface area contributed by atoms with E-state index in [1.165, 1.54) is 4.68 Å². The molecule has 0 spiro atoms. The zero-order chi connectivity index (χ0) is 15.9. The maximum absolute atomic E-state index is 12.6. The van der Waals surface area contributed by atoms with Crippen molar-refractivity contribution >= 4 is 33.6 Å². The van der Waals surface area contributed by atoms with Gasteiger partial charge in [0.1, 0.15) is 0 Å². The highest BCUT2D eigenvalue weighted by atomic mass is 79.9. The molecule has 2 N–H and O–H groups in total. The first-order valence-corrected chi connectivity index (χ1v) is 7.41. The van der Waals surface area contributed by atoms with E-state index in [-0.39, 0.29) is 11.5 Å². The fourth-order valence-corrected chi connectivity index (χ4v) is 2.50. The Morgan fingerprint density at radius 2 is 1.86 bits per heavy atom. The largest absolute Gasteiger partial charge is 0.295 e. The number of benzene rings is 1. The van der Waals surface area contributed by atoms with Crippen molar-refractivity contribution < 1.29 is 4.79 Å². The topological polar surface area (TPSA) is 79.2 Å². The molecule has 2 heterocycles. The van der Waals surface area contributed by atoms with Gasteiger partial charge in [0.25, 0.3) is 11.5 Å². The van der Waals surface area contributed by atoms with Gasteiger partial charge in [-0.1, -0.05) is 15.9 Å². The van der Waals surface area contributed by atoms with Crippen LogP contribution in [-0.4, -0.2) is 21.4 Å². The Morgan fingerprint density at radius 1 is 1.18 bits per heavy atom. The fraction of sp³-hybridized carbons (Fsp3) is 0.133. The number of carbonyl (C=O) groups is 1. The number of carbonyl (C=O) groups excluding carboxylic acids is 1. The Kier molecular flexibility index (Phi) is 3.58. The maximum Gasteiger partial charge on any atom is 0.278 e. The summed E-state index contributed by atoms with van der Waals surface area (Å²) in [5, 5.41) is 6.88. The average molecular weight is 361 g/mol. The van der Waals surface area contributed by atoms with Gasteiger partial charge in [-0.2, -0.15) is 5.10 Å². The molecule has 112 valence electrons. The van der Waals surface area contributed by atoms with Crippen LogP contribution in [0.2, 0.25) is 0 Å². The van der Waals surface area contributed by atoms with Crippen molar-refractivity contribution in [1.29, 1.82) is 0 Å². The summed E-state index contributed by atoms with van der Waals surface area (Å²) < 4.78 is 2.39. The van der Waals surface area contributed by atoms with Gasteiger partial charge in [-0.15, -0.1) is 0 Å². The van der Waals surface area contributed by atoms with Crippen LogP contribution in [0.1, 0.15) is 18.2 Å². The molecule has 0 fully saturated rings. The first-order chi connectivity index (χ1) is 10.5. The van der Waals surface area contributed by atoms with Crippen LogP contribution in [0.5, 0.6) is 0 Å². The lowest BCUT2D eigenvalue weighted by atomic mass is 10.1. The number of hydrazone groups is 1. The number of nitrogens with one attached hydrogen (secondary N) is 2. The maximum atomic E-state index is 12.6. The Balaban J connectivity index is 2.10. The first kappa shape index (κ1) is 14.5. The second-order valence-electron chi connectivity index (χ2n) is 4.96. The van der Waals surface area contributed by atoms with E-state index >= 15 is 0 Å². The highest BCUT2D eigenvalue weighted by molar-refractivity contribution is 9.10. The third-order valence-electron chi connectivity index (χ3n) is 3.45. The Hall–Kier alpha value is -2.41. The molecule has 1 aromatic heterocycles. The zero-order valence-corrected chi connectivity index (χ0v) is 13.6. The molecule has 1 aliphatic rings. The number of hydrogen-bond donors (Lipinski definition) is 2. The van der Waals surface area contributed by atoms with Crippen LogP contribution >= 0.6 is 15.9 Å². The summed E-state index contributed by atoms with van der Waals surface area (Å²) in [6, 6.07) is 7.37. The molecule has 0 saturated carbocycles. The molecule has 3 rings (SSSR count). The van der Waals surface area contributed by atoms with Crippen molar-refractivity contribution in [2.24, 2.45) is 5.10 Å². The van der Waals surface area contributed by atoms with Gasteiger partial charge in [0.15, 0.2) is 0 Å². The molecule has 0 unspecified atom stereocenters. The zero-order valence-electron chi connectivity index (χ0n) is 12.0. The molecular formula is C15H13BrN4O2. The number of nitrogens with zero attached hydrogens (tertiary/aromatic N) is 2. The van der Waals surface area contributed by atoms with Gasteiger partial charge in [-0.3, -0.25) is 14.7 Å². The van der Waals surface area contributed by atoms with Gasteiger partial charge in [-0.25, -0.2) is 10.1 Å². The molecule has 1 aromatic carbocycles. The molecule has 22 heavy (non-hydrogen) atoms. The van der Waals surface area contributed by atoms with Crippen LogP contribution in [0, 0.1) is 6.92 Å². The van der Waals surface area contributed by atoms with Crippen LogP contribution in [0.25, 0.3) is 11.8 Å². The predicted molar refractivity (Wildman–Crippen MR) is 88.1 cm³/mol. The van der Waals surface area contributed by atoms with Crippen LogP contribution in [0.4, 0.5) is 0 Å². The first-order valence-electron chi connectivity index (χ1n) is 6.61. The molecule has 1 aliphatic heterocycles. The average Bonchev–Trinajstić information content (AvgIpc) is 2.95. The number of halogens is 1. The predicted octanol–water partition coefficient (Wildman–Crippen LogP) is 2.13. The van der Waals surface area contributed by atoms with E-state index in [1.807, 2.05) is 24.3 Å². The number of amides is 1. The SMILES string of the molecule is CC1=NNC(=O)C1=Cc1c(C)[nH]n(-c2ccc(Br)cc2)c1=O. The van der Waals surface area contributed by atoms with Crippen molar-refractivity contribution in [3.8, 4) is 5.69 Å². The standard InChI is InChI=1S/C15H13BrN4O2/c1-8-12(14(21)18-17-8)7-13-9(2)19-20(15(13)22)11-5-3-10(16)4-6-11/h3-7,19H,1-2H3,(H,18,21). The van der Waals surface area contributed by atoms with Gasteiger partial charge in [-0.05, 0) is 44.2 Å². The number of aromatic nitrogens is 2. The Morgan fingerprint density at radius 3 is 2.45 bits per heavy atom. The lowest BCUT2D eigenvalue weighted by molar-refractivity contribution is -0.116. The molecule has 0 radical (unpaired) electrons. The van der Waals surface area contributed by atoms with Gasteiger partial charge in [0.2, 0.25) is 0 Å². The monoisotopic (exact) mass is 360 g/mol. The van der Waals surface area contributed by atoms with Gasteiger partial charge < -0.3 is 0 Å². The minimum atomic E-state index is -0.298. The van der Waals surface area contributed by atoms with E-state index in [2.05, 4.69) is 31.6 Å². The highest BCUT2D eigenvalue weighted by Crippen LogP contribution is 2.15. The normalized spacial score (nSPS) is 16.0. The van der Waals surface area contributed by atoms with Crippen LogP contribution in [0.15, 0.2) is 44.2 Å². The Bertz CT molecular complexity index is 872. The number of H-pyrrole nitrogens is 1. The molecule has 2 aromatic rings. The fourth-order valence-electron chi connectivity index (χ4n) is 2.24. The van der Waals surface area contributed by atoms with E-state index in [9.17, 15) is 9.59 Å². The van der Waals surface area contributed by atoms with Crippen molar-refractivity contribution in [3.05, 3.63) is 55.9 Å². The summed E-state index contributed by atoms with van der Waals surface area (Å²) >= 11 is 3.36. The third kappa shape index (κ3) is 2.43. The van der Waals surface area contributed by atoms with E-state index in [4.69, 9.17) is 0 Å². The lowest BCUT2D eigenvalue weighted by Crippen LogP contribution is -2.17. The van der Waals surface area contributed by atoms with E-state index in [1.54, 1.807) is 19.9 Å². The minimum Gasteiger partial charge on any atom is -0.295 e. The molecule has 0 atom stereocenters. The molecule has 7 heteroatoms. The summed E-state index contributed by atoms with van der Waals surface area (Å²) in [5.41, 5.74) is 5.01. The lowest BCUT2D eigenvalue weighted by Gasteiger charge is -2.00. The molecule has 0 bridgehead atoms. The summed E-state index contributed by atoms with van der Waals surface area (Å²) in [6.45, 7) is 3.52. The number of aromatic amines is 1. The summed E-state index contributed by atoms with van der Waals surface area (Å²) in [4.78, 5) is 24.3. The van der Waals surface area contributed by atoms with E-state index in [0.29, 0.717) is 22.5 Å². The number of aryl methyl sites for hydroxylation is 1. The van der Waals surface area contributed by atoms with Gasteiger partial charge in [0, 0.05) is 10.2 Å². The second-order valence-corrected chi connectivity index (χ2v) is 5.88.